The second-order valence-electron chi connectivity index (χ2n) is 19.2. The molecule has 0 saturated heterocycles. The Morgan fingerprint density at radius 3 is 1.80 bits per heavy atom. The SMILES string of the molecule is CC1(C)c2ccccc2-c2ccc3c(c21)N(c1cccc(-c2cncc(-c4cccc(-n5c6c(c7ccccc75)-c5ccccc5N(c5ccccc5)c5ccccc5-6)c4)c2)c1)c1ccccc1C=C3. The fourth-order valence-electron chi connectivity index (χ4n) is 11.8. The Morgan fingerprint density at radius 2 is 1.00 bits per heavy atom. The molecule has 0 unspecified atom stereocenters. The molecule has 4 heterocycles. The molecule has 0 fully saturated rings. The van der Waals surface area contributed by atoms with Crippen LogP contribution in [0.25, 0.3) is 84.5 Å². The normalized spacial score (nSPS) is 13.6. The lowest BCUT2D eigenvalue weighted by atomic mass is 9.80. The maximum Gasteiger partial charge on any atom is 0.0641 e. The predicted molar refractivity (Wildman–Crippen MR) is 292 cm³/mol. The van der Waals surface area contributed by atoms with Crippen LogP contribution < -0.4 is 9.80 Å². The number of rotatable bonds is 5. The maximum atomic E-state index is 4.94. The Hall–Kier alpha value is -8.99. The van der Waals surface area contributed by atoms with Gasteiger partial charge in [-0.3, -0.25) is 4.98 Å². The van der Waals surface area contributed by atoms with Crippen LogP contribution in [0.5, 0.6) is 0 Å². The quantitative estimate of drug-likeness (QED) is 0.172. The Kier molecular flexibility index (Phi) is 8.90. The smallest absolute Gasteiger partial charge is 0.0641 e. The maximum absolute atomic E-state index is 4.94. The molecule has 4 heteroatoms. The summed E-state index contributed by atoms with van der Waals surface area (Å²) >= 11 is 0. The highest BCUT2D eigenvalue weighted by atomic mass is 15.2. The van der Waals surface area contributed by atoms with E-state index < -0.39 is 0 Å². The van der Waals surface area contributed by atoms with Crippen LogP contribution in [0.1, 0.15) is 36.1 Å². The van der Waals surface area contributed by atoms with Gasteiger partial charge in [-0.2, -0.15) is 0 Å². The van der Waals surface area contributed by atoms with Gasteiger partial charge in [0.05, 0.1) is 34.0 Å². The van der Waals surface area contributed by atoms with Crippen molar-refractivity contribution in [1.29, 1.82) is 0 Å². The summed E-state index contributed by atoms with van der Waals surface area (Å²) in [7, 11) is 0. The highest BCUT2D eigenvalue weighted by Gasteiger charge is 2.40. The van der Waals surface area contributed by atoms with Gasteiger partial charge in [0, 0.05) is 68.1 Å². The summed E-state index contributed by atoms with van der Waals surface area (Å²) in [6.45, 7) is 4.76. The molecule has 330 valence electrons. The summed E-state index contributed by atoms with van der Waals surface area (Å²) in [6, 6.07) is 79.9. The molecule has 2 aliphatic heterocycles. The lowest BCUT2D eigenvalue weighted by Crippen LogP contribution is -2.21. The zero-order chi connectivity index (χ0) is 46.5. The molecule has 0 atom stereocenters. The van der Waals surface area contributed by atoms with Crippen molar-refractivity contribution in [3.8, 4) is 61.5 Å². The van der Waals surface area contributed by atoms with Crippen LogP contribution in [0.3, 0.4) is 0 Å². The van der Waals surface area contributed by atoms with Crippen molar-refractivity contribution in [3.05, 3.63) is 253 Å². The third kappa shape index (κ3) is 5.99. The van der Waals surface area contributed by atoms with Crippen molar-refractivity contribution in [2.24, 2.45) is 0 Å². The Labute approximate surface area is 408 Å². The first kappa shape index (κ1) is 40.1. The van der Waals surface area contributed by atoms with E-state index in [0.717, 1.165) is 61.9 Å². The molecule has 0 bridgehead atoms. The van der Waals surface area contributed by atoms with E-state index in [1.807, 2.05) is 12.4 Å². The number of hydrogen-bond donors (Lipinski definition) is 0. The minimum atomic E-state index is -0.200. The topological polar surface area (TPSA) is 24.3 Å². The molecule has 0 amide bonds. The van der Waals surface area contributed by atoms with Crippen molar-refractivity contribution in [3.63, 3.8) is 0 Å². The van der Waals surface area contributed by atoms with Gasteiger partial charge in [0.1, 0.15) is 0 Å². The molecule has 4 nitrogen and oxygen atoms in total. The van der Waals surface area contributed by atoms with Gasteiger partial charge in [0.25, 0.3) is 0 Å². The van der Waals surface area contributed by atoms with Crippen LogP contribution in [0.15, 0.2) is 231 Å². The number of anilines is 6. The predicted octanol–water partition coefficient (Wildman–Crippen LogP) is 17.7. The zero-order valence-corrected chi connectivity index (χ0v) is 38.9. The largest absolute Gasteiger partial charge is 0.309 e. The number of aromatic nitrogens is 2. The first-order valence-corrected chi connectivity index (χ1v) is 24.2. The number of hydrogen-bond acceptors (Lipinski definition) is 3. The summed E-state index contributed by atoms with van der Waals surface area (Å²) in [4.78, 5) is 9.85. The standard InChI is InChI=1S/C66H46N4/c1-66(2)57-29-11-7-25-52(57)53-37-36-44-35-34-43-18-6-12-30-58(43)69(64(44)63(53)66)50-23-16-19-45(39-50)47-38-48(42-67-41-47)46-20-17-24-51(40-46)70-60-32-14-9-27-55(60)62-54-26-8-13-31-59(54)68(49-21-4-3-5-22-49)61-33-15-10-28-56(61)65(62)70/h3-42H,1-2H3. The molecule has 0 N–H and O–H groups in total. The molecule has 3 aliphatic rings. The molecule has 14 rings (SSSR count). The monoisotopic (exact) mass is 894 g/mol. The molecule has 0 spiro atoms. The molecule has 9 aromatic carbocycles. The second kappa shape index (κ2) is 15.5. The van der Waals surface area contributed by atoms with Crippen molar-refractivity contribution in [2.75, 3.05) is 9.80 Å². The van der Waals surface area contributed by atoms with Crippen LogP contribution in [-0.2, 0) is 5.41 Å². The molecule has 70 heavy (non-hydrogen) atoms. The van der Waals surface area contributed by atoms with E-state index in [1.165, 1.54) is 66.8 Å². The van der Waals surface area contributed by atoms with Crippen LogP contribution in [-0.4, -0.2) is 9.55 Å². The molecule has 11 aromatic rings. The minimum Gasteiger partial charge on any atom is -0.309 e. The minimum absolute atomic E-state index is 0.200. The third-order valence-electron chi connectivity index (χ3n) is 14.9. The van der Waals surface area contributed by atoms with Gasteiger partial charge >= 0.3 is 0 Å². The van der Waals surface area contributed by atoms with Gasteiger partial charge in [-0.25, -0.2) is 0 Å². The van der Waals surface area contributed by atoms with Gasteiger partial charge in [-0.15, -0.1) is 0 Å². The van der Waals surface area contributed by atoms with Crippen LogP contribution in [0.2, 0.25) is 0 Å². The molecule has 1 aliphatic carbocycles. The second-order valence-corrected chi connectivity index (χ2v) is 19.2. The number of nitrogens with zero attached hydrogens (tertiary/aromatic N) is 4. The van der Waals surface area contributed by atoms with E-state index in [4.69, 9.17) is 4.98 Å². The Balaban J connectivity index is 0.903. The van der Waals surface area contributed by atoms with E-state index in [2.05, 4.69) is 259 Å². The van der Waals surface area contributed by atoms with Gasteiger partial charge in [-0.1, -0.05) is 178 Å². The summed E-state index contributed by atoms with van der Waals surface area (Å²) in [5, 5.41) is 1.21. The summed E-state index contributed by atoms with van der Waals surface area (Å²) in [5.41, 5.74) is 25.8. The molecular weight excluding hydrogens is 849 g/mol. The lowest BCUT2D eigenvalue weighted by Gasteiger charge is -2.33. The third-order valence-corrected chi connectivity index (χ3v) is 14.9. The van der Waals surface area contributed by atoms with Crippen molar-refractivity contribution in [1.82, 2.24) is 9.55 Å². The Bertz CT molecular complexity index is 3950. The molecule has 0 radical (unpaired) electrons. The van der Waals surface area contributed by atoms with E-state index in [0.29, 0.717) is 0 Å². The Morgan fingerprint density at radius 1 is 0.400 bits per heavy atom. The van der Waals surface area contributed by atoms with Crippen molar-refractivity contribution >= 4 is 57.2 Å². The van der Waals surface area contributed by atoms with Crippen LogP contribution in [0.4, 0.5) is 34.1 Å². The van der Waals surface area contributed by atoms with E-state index in [9.17, 15) is 0 Å². The molecule has 2 aromatic heterocycles. The molecule has 0 saturated carbocycles. The average molecular weight is 895 g/mol. The summed E-state index contributed by atoms with van der Waals surface area (Å²) in [5.74, 6) is 0. The van der Waals surface area contributed by atoms with Crippen molar-refractivity contribution in [2.45, 2.75) is 19.3 Å². The van der Waals surface area contributed by atoms with Gasteiger partial charge in [-0.05, 0) is 111 Å². The number of para-hydroxylation sites is 5. The number of fused-ring (bicyclic) bond motifs is 13. The van der Waals surface area contributed by atoms with E-state index >= 15 is 0 Å². The highest BCUT2D eigenvalue weighted by Crippen LogP contribution is 2.58. The molecular formula is C66H46N4. The average Bonchev–Trinajstić information content (AvgIpc) is 3.75. The van der Waals surface area contributed by atoms with Gasteiger partial charge in [0.15, 0.2) is 0 Å². The van der Waals surface area contributed by atoms with Crippen LogP contribution >= 0.6 is 0 Å². The van der Waals surface area contributed by atoms with Crippen molar-refractivity contribution < 1.29 is 0 Å². The number of pyridine rings is 1. The first-order valence-electron chi connectivity index (χ1n) is 24.2. The van der Waals surface area contributed by atoms with E-state index in [1.54, 1.807) is 0 Å². The lowest BCUT2D eigenvalue weighted by molar-refractivity contribution is 0.660. The first-order chi connectivity index (χ1) is 34.5. The van der Waals surface area contributed by atoms with E-state index in [-0.39, 0.29) is 5.41 Å². The van der Waals surface area contributed by atoms with Gasteiger partial charge < -0.3 is 14.4 Å². The highest BCUT2D eigenvalue weighted by molar-refractivity contribution is 6.13. The summed E-state index contributed by atoms with van der Waals surface area (Å²) < 4.78 is 2.47. The fourth-order valence-corrected chi connectivity index (χ4v) is 11.8. The zero-order valence-electron chi connectivity index (χ0n) is 38.9. The fraction of sp³-hybridized carbons (Fsp3) is 0.0455. The summed E-state index contributed by atoms with van der Waals surface area (Å²) in [6.07, 6.45) is 8.57. The number of benzene rings is 9. The van der Waals surface area contributed by atoms with Gasteiger partial charge in [0.2, 0.25) is 0 Å². The van der Waals surface area contributed by atoms with Crippen LogP contribution in [0, 0.1) is 0 Å².